The Kier molecular flexibility index (Phi) is 4.15. The summed E-state index contributed by atoms with van der Waals surface area (Å²) in [6.07, 6.45) is 4.12. The van der Waals surface area contributed by atoms with Gasteiger partial charge in [0.25, 0.3) is 5.91 Å². The van der Waals surface area contributed by atoms with Gasteiger partial charge in [0, 0.05) is 6.42 Å². The Morgan fingerprint density at radius 1 is 1.48 bits per heavy atom. The van der Waals surface area contributed by atoms with Crippen molar-refractivity contribution in [2.24, 2.45) is 0 Å². The third kappa shape index (κ3) is 3.43. The number of rotatable bonds is 4. The van der Waals surface area contributed by atoms with E-state index >= 15 is 0 Å². The topological polar surface area (TPSA) is 75.3 Å². The van der Waals surface area contributed by atoms with Gasteiger partial charge in [0.05, 0.1) is 12.8 Å². The second-order valence-electron chi connectivity index (χ2n) is 5.43. The highest BCUT2D eigenvalue weighted by atomic mass is 16.5. The Morgan fingerprint density at radius 2 is 2.35 bits per heavy atom. The van der Waals surface area contributed by atoms with Crippen LogP contribution in [0.2, 0.25) is 0 Å². The van der Waals surface area contributed by atoms with Crippen molar-refractivity contribution in [3.63, 3.8) is 0 Å². The lowest BCUT2D eigenvalue weighted by Gasteiger charge is -2.03. The number of nitrogens with zero attached hydrogens (tertiary/aromatic N) is 1. The van der Waals surface area contributed by atoms with Crippen LogP contribution in [-0.2, 0) is 17.8 Å². The zero-order valence-electron chi connectivity index (χ0n) is 12.7. The van der Waals surface area contributed by atoms with Crippen molar-refractivity contribution in [3.8, 4) is 11.8 Å². The molecule has 0 fully saturated rings. The van der Waals surface area contributed by atoms with Crippen LogP contribution in [0.4, 0.5) is 0 Å². The van der Waals surface area contributed by atoms with E-state index in [9.17, 15) is 10.1 Å². The zero-order chi connectivity index (χ0) is 16.2. The van der Waals surface area contributed by atoms with Gasteiger partial charge in [-0.1, -0.05) is 6.07 Å². The van der Waals surface area contributed by atoms with Crippen molar-refractivity contribution in [2.45, 2.75) is 26.0 Å². The Morgan fingerprint density at radius 3 is 3.09 bits per heavy atom. The number of carbonyl (C=O) groups excluding carboxylic acids is 1. The first kappa shape index (κ1) is 14.9. The predicted molar refractivity (Wildman–Crippen MR) is 84.4 cm³/mol. The van der Waals surface area contributed by atoms with Crippen LogP contribution in [0.15, 0.2) is 46.6 Å². The van der Waals surface area contributed by atoms with E-state index in [1.807, 2.05) is 31.2 Å². The fourth-order valence-electron chi connectivity index (χ4n) is 2.52. The molecule has 1 aliphatic rings. The number of hydrogen-bond acceptors (Lipinski definition) is 4. The molecular weight excluding hydrogens is 292 g/mol. The lowest BCUT2D eigenvalue weighted by atomic mass is 10.0. The van der Waals surface area contributed by atoms with Gasteiger partial charge in [-0.05, 0) is 48.4 Å². The number of benzene rings is 1. The third-order valence-corrected chi connectivity index (χ3v) is 3.60. The number of fused-ring (bicyclic) bond motifs is 1. The van der Waals surface area contributed by atoms with E-state index in [1.165, 1.54) is 6.26 Å². The fraction of sp³-hybridized carbons (Fsp3) is 0.222. The van der Waals surface area contributed by atoms with Crippen molar-refractivity contribution in [2.75, 3.05) is 0 Å². The van der Waals surface area contributed by atoms with Crippen LogP contribution in [0.25, 0.3) is 6.08 Å². The normalized spacial score (nSPS) is 16.3. The summed E-state index contributed by atoms with van der Waals surface area (Å²) >= 11 is 0. The van der Waals surface area contributed by atoms with Crippen LogP contribution in [0.5, 0.6) is 5.75 Å². The molecule has 2 heterocycles. The number of hydrogen-bond donors (Lipinski definition) is 1. The molecule has 0 saturated heterocycles. The maximum absolute atomic E-state index is 12.1. The van der Waals surface area contributed by atoms with Crippen LogP contribution < -0.4 is 10.1 Å². The molecule has 0 bridgehead atoms. The molecule has 5 nitrogen and oxygen atoms in total. The summed E-state index contributed by atoms with van der Waals surface area (Å²) in [5.41, 5.74) is 1.97. The first-order chi connectivity index (χ1) is 11.2. The van der Waals surface area contributed by atoms with E-state index < -0.39 is 5.91 Å². The molecule has 5 heteroatoms. The molecule has 116 valence electrons. The summed E-state index contributed by atoms with van der Waals surface area (Å²) in [6, 6.07) is 11.1. The fourth-order valence-corrected chi connectivity index (χ4v) is 2.52. The maximum Gasteiger partial charge on any atom is 0.262 e. The predicted octanol–water partition coefficient (Wildman–Crippen LogP) is 2.83. The molecule has 1 aromatic carbocycles. The van der Waals surface area contributed by atoms with E-state index in [0.29, 0.717) is 5.76 Å². The molecule has 1 aromatic heterocycles. The van der Waals surface area contributed by atoms with Crippen molar-refractivity contribution in [1.29, 1.82) is 5.26 Å². The number of amides is 1. The summed E-state index contributed by atoms with van der Waals surface area (Å²) in [7, 11) is 0. The standard InChI is InChI=1S/C18H16N2O3/c1-12-7-14-8-13(4-5-17(14)23-12)9-15(10-19)18(21)20-11-16-3-2-6-22-16/h2-6,8-9,12H,7,11H2,1H3,(H,20,21)/b15-9+/t12-/m1/s1. The van der Waals surface area contributed by atoms with Crippen molar-refractivity contribution in [3.05, 3.63) is 59.1 Å². The first-order valence-electron chi connectivity index (χ1n) is 7.37. The quantitative estimate of drug-likeness (QED) is 0.696. The van der Waals surface area contributed by atoms with Crippen LogP contribution >= 0.6 is 0 Å². The largest absolute Gasteiger partial charge is 0.490 e. The second kappa shape index (κ2) is 6.41. The van der Waals surface area contributed by atoms with E-state index in [2.05, 4.69) is 5.32 Å². The third-order valence-electron chi connectivity index (χ3n) is 3.60. The molecule has 3 rings (SSSR count). The van der Waals surface area contributed by atoms with Gasteiger partial charge in [0.1, 0.15) is 29.3 Å². The van der Waals surface area contributed by atoms with Crippen LogP contribution in [0.3, 0.4) is 0 Å². The average molecular weight is 308 g/mol. The Bertz CT molecular complexity index is 785. The maximum atomic E-state index is 12.1. The smallest absolute Gasteiger partial charge is 0.262 e. The van der Waals surface area contributed by atoms with Gasteiger partial charge < -0.3 is 14.5 Å². The number of nitriles is 1. The van der Waals surface area contributed by atoms with Gasteiger partial charge in [-0.2, -0.15) is 5.26 Å². The van der Waals surface area contributed by atoms with Crippen molar-refractivity contribution >= 4 is 12.0 Å². The van der Waals surface area contributed by atoms with E-state index in [1.54, 1.807) is 18.2 Å². The highest BCUT2D eigenvalue weighted by Crippen LogP contribution is 2.29. The van der Waals surface area contributed by atoms with Crippen LogP contribution in [0, 0.1) is 11.3 Å². The SMILES string of the molecule is C[C@@H]1Cc2cc(/C=C(\C#N)C(=O)NCc3ccco3)ccc2O1. The van der Waals surface area contributed by atoms with Gasteiger partial charge in [-0.15, -0.1) is 0 Å². The molecule has 0 radical (unpaired) electrons. The average Bonchev–Trinajstić information content (AvgIpc) is 3.18. The number of nitrogens with one attached hydrogen (secondary N) is 1. The summed E-state index contributed by atoms with van der Waals surface area (Å²) in [6.45, 7) is 2.26. The summed E-state index contributed by atoms with van der Waals surface area (Å²) in [5.74, 6) is 1.09. The molecule has 1 aliphatic heterocycles. The van der Waals surface area contributed by atoms with Crippen LogP contribution in [0.1, 0.15) is 23.8 Å². The second-order valence-corrected chi connectivity index (χ2v) is 5.43. The van der Waals surface area contributed by atoms with Gasteiger partial charge in [-0.3, -0.25) is 4.79 Å². The van der Waals surface area contributed by atoms with Crippen molar-refractivity contribution in [1.82, 2.24) is 5.32 Å². The summed E-state index contributed by atoms with van der Waals surface area (Å²) in [4.78, 5) is 12.1. The van der Waals surface area contributed by atoms with Gasteiger partial charge in [-0.25, -0.2) is 0 Å². The lowest BCUT2D eigenvalue weighted by molar-refractivity contribution is -0.117. The molecule has 2 aromatic rings. The number of carbonyl (C=O) groups is 1. The Balaban J connectivity index is 1.73. The highest BCUT2D eigenvalue weighted by Gasteiger charge is 2.19. The highest BCUT2D eigenvalue weighted by molar-refractivity contribution is 6.01. The molecule has 1 amide bonds. The first-order valence-corrected chi connectivity index (χ1v) is 7.37. The number of furan rings is 1. The lowest BCUT2D eigenvalue weighted by Crippen LogP contribution is -2.23. The van der Waals surface area contributed by atoms with Gasteiger partial charge in [0.15, 0.2) is 0 Å². The summed E-state index contributed by atoms with van der Waals surface area (Å²) < 4.78 is 10.8. The zero-order valence-corrected chi connectivity index (χ0v) is 12.7. The molecule has 1 N–H and O–H groups in total. The number of ether oxygens (including phenoxy) is 1. The van der Waals surface area contributed by atoms with Gasteiger partial charge in [0.2, 0.25) is 0 Å². The minimum absolute atomic E-state index is 0.0588. The molecule has 0 spiro atoms. The van der Waals surface area contributed by atoms with E-state index in [4.69, 9.17) is 9.15 Å². The Labute approximate surface area is 134 Å². The Hall–Kier alpha value is -3.00. The molecule has 0 aliphatic carbocycles. The van der Waals surface area contributed by atoms with Gasteiger partial charge >= 0.3 is 0 Å². The van der Waals surface area contributed by atoms with E-state index in [-0.39, 0.29) is 18.2 Å². The molecule has 1 atom stereocenters. The minimum Gasteiger partial charge on any atom is -0.490 e. The molecular formula is C18H16N2O3. The van der Waals surface area contributed by atoms with Crippen LogP contribution in [-0.4, -0.2) is 12.0 Å². The van der Waals surface area contributed by atoms with Crippen molar-refractivity contribution < 1.29 is 13.9 Å². The van der Waals surface area contributed by atoms with E-state index in [0.717, 1.165) is 23.3 Å². The molecule has 0 saturated carbocycles. The molecule has 23 heavy (non-hydrogen) atoms. The monoisotopic (exact) mass is 308 g/mol. The minimum atomic E-state index is -0.422. The molecule has 0 unspecified atom stereocenters. The summed E-state index contributed by atoms with van der Waals surface area (Å²) in [5, 5.41) is 11.9.